The van der Waals surface area contributed by atoms with Crippen molar-refractivity contribution in [2.75, 3.05) is 19.6 Å². The first-order valence-electron chi connectivity index (χ1n) is 8.73. The highest BCUT2D eigenvalue weighted by molar-refractivity contribution is 5.20. The lowest BCUT2D eigenvalue weighted by atomic mass is 9.81. The number of piperidine rings is 1. The molecule has 1 unspecified atom stereocenters. The molecule has 2 fully saturated rings. The number of rotatable bonds is 5. The summed E-state index contributed by atoms with van der Waals surface area (Å²) >= 11 is 0. The van der Waals surface area contributed by atoms with Gasteiger partial charge in [-0.2, -0.15) is 5.10 Å². The summed E-state index contributed by atoms with van der Waals surface area (Å²) < 4.78 is 1.94. The van der Waals surface area contributed by atoms with Crippen LogP contribution in [0.25, 0.3) is 0 Å². The first kappa shape index (κ1) is 15.0. The fourth-order valence-corrected chi connectivity index (χ4v) is 4.53. The van der Waals surface area contributed by atoms with E-state index in [1.54, 1.807) is 0 Å². The first-order valence-corrected chi connectivity index (χ1v) is 8.73. The summed E-state index contributed by atoms with van der Waals surface area (Å²) in [6, 6.07) is 0.428. The maximum Gasteiger partial charge on any atom is 0.0538 e. The molecule has 1 atom stereocenters. The molecule has 4 nitrogen and oxygen atoms in total. The molecule has 1 aromatic rings. The molecular weight excluding hydrogens is 260 g/mol. The van der Waals surface area contributed by atoms with E-state index < -0.39 is 0 Å². The van der Waals surface area contributed by atoms with Gasteiger partial charge in [-0.25, -0.2) is 0 Å². The third-order valence-corrected chi connectivity index (χ3v) is 5.46. The van der Waals surface area contributed by atoms with Gasteiger partial charge in [-0.1, -0.05) is 26.2 Å². The molecule has 118 valence electrons. The minimum Gasteiger partial charge on any atom is -0.309 e. The number of aryl methyl sites for hydroxylation is 1. The fourth-order valence-electron chi connectivity index (χ4n) is 4.53. The molecule has 4 heteroatoms. The summed E-state index contributed by atoms with van der Waals surface area (Å²) in [5, 5.41) is 8.22. The Hall–Kier alpha value is -0.870. The number of hydrogen-bond acceptors (Lipinski definition) is 3. The highest BCUT2D eigenvalue weighted by atomic mass is 15.3. The topological polar surface area (TPSA) is 33.1 Å². The second-order valence-corrected chi connectivity index (χ2v) is 6.80. The molecule has 1 saturated carbocycles. The zero-order valence-corrected chi connectivity index (χ0v) is 13.6. The van der Waals surface area contributed by atoms with Crippen LogP contribution in [0.4, 0.5) is 0 Å². The molecule has 1 aromatic heterocycles. The van der Waals surface area contributed by atoms with Crippen LogP contribution in [0.3, 0.4) is 0 Å². The second-order valence-electron chi connectivity index (χ2n) is 6.80. The molecule has 0 radical (unpaired) electrons. The van der Waals surface area contributed by atoms with Crippen molar-refractivity contribution in [3.8, 4) is 0 Å². The minimum atomic E-state index is 0.319. The van der Waals surface area contributed by atoms with Crippen LogP contribution in [0.2, 0.25) is 0 Å². The largest absolute Gasteiger partial charge is 0.309 e. The van der Waals surface area contributed by atoms with Gasteiger partial charge < -0.3 is 5.32 Å². The minimum absolute atomic E-state index is 0.319. The predicted molar refractivity (Wildman–Crippen MR) is 86.2 cm³/mol. The van der Waals surface area contributed by atoms with Crippen LogP contribution in [0.1, 0.15) is 63.5 Å². The zero-order valence-electron chi connectivity index (χ0n) is 13.6. The zero-order chi connectivity index (χ0) is 14.7. The number of aromatic nitrogens is 2. The summed E-state index contributed by atoms with van der Waals surface area (Å²) in [6.07, 6.45) is 13.8. The maximum atomic E-state index is 4.43. The van der Waals surface area contributed by atoms with Crippen LogP contribution in [0.5, 0.6) is 0 Å². The lowest BCUT2D eigenvalue weighted by molar-refractivity contribution is 0.0365. The highest BCUT2D eigenvalue weighted by Gasteiger charge is 2.46. The van der Waals surface area contributed by atoms with Crippen LogP contribution in [-0.2, 0) is 7.05 Å². The molecule has 0 bridgehead atoms. The van der Waals surface area contributed by atoms with E-state index in [4.69, 9.17) is 0 Å². The van der Waals surface area contributed by atoms with Crippen LogP contribution >= 0.6 is 0 Å². The van der Waals surface area contributed by atoms with Gasteiger partial charge in [0, 0.05) is 24.3 Å². The molecule has 0 aromatic carbocycles. The van der Waals surface area contributed by atoms with Gasteiger partial charge in [0.2, 0.25) is 0 Å². The lowest BCUT2D eigenvalue weighted by Crippen LogP contribution is -2.56. The lowest BCUT2D eigenvalue weighted by Gasteiger charge is -2.48. The average Bonchev–Trinajstić information content (AvgIpc) is 3.16. The van der Waals surface area contributed by atoms with Crippen molar-refractivity contribution in [1.82, 2.24) is 20.0 Å². The molecule has 2 heterocycles. The number of likely N-dealkylation sites (N-methyl/N-ethyl adjacent to an activating group) is 1. The van der Waals surface area contributed by atoms with Gasteiger partial charge in [0.15, 0.2) is 0 Å². The Morgan fingerprint density at radius 1 is 1.19 bits per heavy atom. The highest BCUT2D eigenvalue weighted by Crippen LogP contribution is 2.45. The van der Waals surface area contributed by atoms with Gasteiger partial charge in [-0.15, -0.1) is 0 Å². The molecule has 1 aliphatic carbocycles. The standard InChI is InChI=1S/C17H30N4/c1-3-18-16(15-13-19-20(2)14-15)17(9-5-6-10-17)21-11-7-4-8-12-21/h13-14,16,18H,3-12H2,1-2H3. The van der Waals surface area contributed by atoms with Gasteiger partial charge in [-0.05, 0) is 45.3 Å². The smallest absolute Gasteiger partial charge is 0.0538 e. The van der Waals surface area contributed by atoms with Crippen LogP contribution in [0.15, 0.2) is 12.4 Å². The van der Waals surface area contributed by atoms with E-state index in [1.807, 2.05) is 11.7 Å². The molecule has 1 saturated heterocycles. The molecule has 0 amide bonds. The molecule has 21 heavy (non-hydrogen) atoms. The van der Waals surface area contributed by atoms with E-state index in [1.165, 1.54) is 63.6 Å². The fraction of sp³-hybridized carbons (Fsp3) is 0.824. The van der Waals surface area contributed by atoms with E-state index in [-0.39, 0.29) is 0 Å². The van der Waals surface area contributed by atoms with Crippen LogP contribution in [-0.4, -0.2) is 39.9 Å². The predicted octanol–water partition coefficient (Wildman–Crippen LogP) is 2.87. The molecule has 0 spiro atoms. The van der Waals surface area contributed by atoms with Gasteiger partial charge >= 0.3 is 0 Å². The summed E-state index contributed by atoms with van der Waals surface area (Å²) in [5.41, 5.74) is 1.69. The third-order valence-electron chi connectivity index (χ3n) is 5.46. The maximum absolute atomic E-state index is 4.43. The first-order chi connectivity index (χ1) is 10.3. The Morgan fingerprint density at radius 2 is 1.90 bits per heavy atom. The Kier molecular flexibility index (Phi) is 4.65. The summed E-state index contributed by atoms with van der Waals surface area (Å²) in [4.78, 5) is 2.81. The average molecular weight is 290 g/mol. The van der Waals surface area contributed by atoms with Crippen molar-refractivity contribution in [1.29, 1.82) is 0 Å². The molecular formula is C17H30N4. The SMILES string of the molecule is CCNC(c1cnn(C)c1)C1(N2CCCCC2)CCCC1. The molecule has 3 rings (SSSR count). The van der Waals surface area contributed by atoms with Crippen molar-refractivity contribution >= 4 is 0 Å². The van der Waals surface area contributed by atoms with Crippen LogP contribution in [0, 0.1) is 0 Å². The Balaban J connectivity index is 1.92. The Labute approximate surface area is 128 Å². The third kappa shape index (κ3) is 2.88. The van der Waals surface area contributed by atoms with E-state index in [9.17, 15) is 0 Å². The van der Waals surface area contributed by atoms with Gasteiger partial charge in [-0.3, -0.25) is 9.58 Å². The van der Waals surface area contributed by atoms with Gasteiger partial charge in [0.05, 0.1) is 12.2 Å². The molecule has 1 N–H and O–H groups in total. The van der Waals surface area contributed by atoms with E-state index >= 15 is 0 Å². The van der Waals surface area contributed by atoms with Crippen LogP contribution < -0.4 is 5.32 Å². The van der Waals surface area contributed by atoms with Crippen molar-refractivity contribution in [3.05, 3.63) is 18.0 Å². The van der Waals surface area contributed by atoms with Crippen molar-refractivity contribution in [2.45, 2.75) is 63.5 Å². The quantitative estimate of drug-likeness (QED) is 0.905. The summed E-state index contributed by atoms with van der Waals surface area (Å²) in [7, 11) is 2.02. The number of nitrogens with one attached hydrogen (secondary N) is 1. The van der Waals surface area contributed by atoms with Crippen molar-refractivity contribution < 1.29 is 0 Å². The van der Waals surface area contributed by atoms with Gasteiger partial charge in [0.25, 0.3) is 0 Å². The van der Waals surface area contributed by atoms with E-state index in [0.29, 0.717) is 11.6 Å². The normalized spacial score (nSPS) is 24.3. The van der Waals surface area contributed by atoms with E-state index in [0.717, 1.165) is 6.54 Å². The van der Waals surface area contributed by atoms with Crippen molar-refractivity contribution in [3.63, 3.8) is 0 Å². The second kappa shape index (κ2) is 6.49. The van der Waals surface area contributed by atoms with Gasteiger partial charge in [0.1, 0.15) is 0 Å². The van der Waals surface area contributed by atoms with E-state index in [2.05, 4.69) is 34.6 Å². The van der Waals surface area contributed by atoms with Crippen molar-refractivity contribution in [2.24, 2.45) is 7.05 Å². The number of hydrogen-bond donors (Lipinski definition) is 1. The number of nitrogens with zero attached hydrogens (tertiary/aromatic N) is 3. The summed E-state index contributed by atoms with van der Waals surface area (Å²) in [6.45, 7) is 5.81. The Bertz CT molecular complexity index is 441. The molecule has 2 aliphatic rings. The monoisotopic (exact) mass is 290 g/mol. The molecule has 1 aliphatic heterocycles. The summed E-state index contributed by atoms with van der Waals surface area (Å²) in [5.74, 6) is 0. The Morgan fingerprint density at radius 3 is 2.48 bits per heavy atom. The number of likely N-dealkylation sites (tertiary alicyclic amines) is 1.